The van der Waals surface area contributed by atoms with E-state index in [4.69, 9.17) is 11.6 Å². The minimum absolute atomic E-state index is 0.0144. The van der Waals surface area contributed by atoms with Crippen LogP contribution >= 0.6 is 23.3 Å². The Labute approximate surface area is 139 Å². The van der Waals surface area contributed by atoms with E-state index in [2.05, 4.69) is 24.6 Å². The third-order valence-electron chi connectivity index (χ3n) is 2.89. The van der Waals surface area contributed by atoms with Crippen molar-refractivity contribution in [1.82, 2.24) is 14.2 Å². The van der Waals surface area contributed by atoms with Gasteiger partial charge in [-0.25, -0.2) is 10.2 Å². The van der Waals surface area contributed by atoms with Gasteiger partial charge in [0.2, 0.25) is 0 Å². The van der Waals surface area contributed by atoms with Crippen LogP contribution in [0.15, 0.2) is 41.5 Å². The summed E-state index contributed by atoms with van der Waals surface area (Å²) in [4.78, 5) is 11.8. The highest BCUT2D eigenvalue weighted by Crippen LogP contribution is 2.23. The summed E-state index contributed by atoms with van der Waals surface area (Å²) in [7, 11) is 0. The molecule has 1 aromatic heterocycles. The number of hydrazone groups is 1. The quantitative estimate of drug-likeness (QED) is 0.500. The van der Waals surface area contributed by atoms with Crippen molar-refractivity contribution in [2.75, 3.05) is 5.32 Å². The molecular weight excluding hydrogens is 338 g/mol. The van der Waals surface area contributed by atoms with E-state index in [9.17, 15) is 9.90 Å². The van der Waals surface area contributed by atoms with Gasteiger partial charge in [-0.2, -0.15) is 13.8 Å². The van der Waals surface area contributed by atoms with Crippen molar-refractivity contribution in [2.45, 2.75) is 0 Å². The number of rotatable bonds is 3. The number of amides is 2. The molecule has 0 fully saturated rings. The van der Waals surface area contributed by atoms with E-state index in [0.717, 1.165) is 17.2 Å². The lowest BCUT2D eigenvalue weighted by Gasteiger charge is -2.04. The molecule has 0 unspecified atom stereocenters. The standard InChI is InChI=1S/C14H10ClN5O2S/c15-9-6-8(4-5-12(9)21)7-16-18-14(22)17-10-2-1-3-11-13(10)20-23-19-11/h1-7,21H,(H2,17,18,22)/b16-7+. The summed E-state index contributed by atoms with van der Waals surface area (Å²) in [5, 5.41) is 16.0. The molecule has 116 valence electrons. The van der Waals surface area contributed by atoms with Gasteiger partial charge in [-0.3, -0.25) is 0 Å². The number of benzene rings is 2. The summed E-state index contributed by atoms with van der Waals surface area (Å²) in [6, 6.07) is 9.40. The van der Waals surface area contributed by atoms with Crippen LogP contribution in [0.3, 0.4) is 0 Å². The molecule has 2 amide bonds. The van der Waals surface area contributed by atoms with Crippen LogP contribution in [-0.2, 0) is 0 Å². The topological polar surface area (TPSA) is 99.5 Å². The van der Waals surface area contributed by atoms with Crippen molar-refractivity contribution in [3.63, 3.8) is 0 Å². The molecule has 0 aliphatic heterocycles. The van der Waals surface area contributed by atoms with E-state index < -0.39 is 6.03 Å². The van der Waals surface area contributed by atoms with Crippen molar-refractivity contribution in [1.29, 1.82) is 0 Å². The zero-order valence-electron chi connectivity index (χ0n) is 11.5. The monoisotopic (exact) mass is 347 g/mol. The molecule has 3 rings (SSSR count). The van der Waals surface area contributed by atoms with Crippen LogP contribution in [0.4, 0.5) is 10.5 Å². The van der Waals surface area contributed by atoms with Gasteiger partial charge in [-0.05, 0) is 35.9 Å². The number of carbonyl (C=O) groups is 1. The number of nitrogens with zero attached hydrogens (tertiary/aromatic N) is 3. The second-order valence-electron chi connectivity index (χ2n) is 4.47. The van der Waals surface area contributed by atoms with Gasteiger partial charge in [0.15, 0.2) is 0 Å². The molecular formula is C14H10ClN5O2S. The second kappa shape index (κ2) is 6.59. The minimum atomic E-state index is -0.508. The molecule has 0 saturated heterocycles. The molecule has 0 spiro atoms. The van der Waals surface area contributed by atoms with E-state index in [1.54, 1.807) is 18.2 Å². The van der Waals surface area contributed by atoms with E-state index in [0.29, 0.717) is 16.8 Å². The molecule has 7 nitrogen and oxygen atoms in total. The number of hydrogen-bond acceptors (Lipinski definition) is 6. The highest BCUT2D eigenvalue weighted by atomic mass is 35.5. The lowest BCUT2D eigenvalue weighted by molar-refractivity contribution is 0.252. The third kappa shape index (κ3) is 3.55. The lowest BCUT2D eigenvalue weighted by atomic mass is 10.2. The molecule has 0 aliphatic rings. The van der Waals surface area contributed by atoms with Crippen LogP contribution in [-0.4, -0.2) is 26.1 Å². The fourth-order valence-corrected chi connectivity index (χ4v) is 2.56. The molecule has 23 heavy (non-hydrogen) atoms. The third-order valence-corrected chi connectivity index (χ3v) is 3.73. The second-order valence-corrected chi connectivity index (χ2v) is 5.41. The zero-order valence-corrected chi connectivity index (χ0v) is 13.1. The first kappa shape index (κ1) is 15.2. The van der Waals surface area contributed by atoms with Crippen molar-refractivity contribution in [3.8, 4) is 5.75 Å². The number of fused-ring (bicyclic) bond motifs is 1. The molecule has 0 bridgehead atoms. The Morgan fingerprint density at radius 3 is 3.00 bits per heavy atom. The number of hydrogen-bond donors (Lipinski definition) is 3. The number of aromatic hydroxyl groups is 1. The SMILES string of the molecule is O=C(N/N=C/c1ccc(O)c(Cl)c1)Nc1cccc2nsnc12. The van der Waals surface area contributed by atoms with E-state index >= 15 is 0 Å². The number of urea groups is 1. The number of phenols is 1. The number of phenolic OH excluding ortho intramolecular Hbond substituents is 1. The maximum absolute atomic E-state index is 11.8. The number of halogens is 1. The van der Waals surface area contributed by atoms with E-state index in [-0.39, 0.29) is 10.8 Å². The molecule has 0 saturated carbocycles. The number of carbonyl (C=O) groups excluding carboxylic acids is 1. The number of anilines is 1. The molecule has 1 heterocycles. The maximum Gasteiger partial charge on any atom is 0.339 e. The molecule has 0 radical (unpaired) electrons. The first-order valence-electron chi connectivity index (χ1n) is 6.43. The largest absolute Gasteiger partial charge is 0.506 e. The summed E-state index contributed by atoms with van der Waals surface area (Å²) in [6.45, 7) is 0. The molecule has 3 N–H and O–H groups in total. The van der Waals surface area contributed by atoms with Crippen molar-refractivity contribution in [3.05, 3.63) is 47.0 Å². The normalized spacial score (nSPS) is 11.0. The van der Waals surface area contributed by atoms with Crippen LogP contribution in [0.25, 0.3) is 11.0 Å². The van der Waals surface area contributed by atoms with Crippen LogP contribution in [0.2, 0.25) is 5.02 Å². The van der Waals surface area contributed by atoms with Crippen molar-refractivity contribution < 1.29 is 9.90 Å². The molecule has 0 atom stereocenters. The molecule has 3 aromatic rings. The van der Waals surface area contributed by atoms with Gasteiger partial charge in [0.05, 0.1) is 28.7 Å². The fourth-order valence-electron chi connectivity index (χ4n) is 1.83. The first-order chi connectivity index (χ1) is 11.1. The van der Waals surface area contributed by atoms with Crippen molar-refractivity contribution in [2.24, 2.45) is 5.10 Å². The summed E-state index contributed by atoms with van der Waals surface area (Å²) < 4.78 is 8.23. The van der Waals surface area contributed by atoms with Crippen LogP contribution in [0.1, 0.15) is 5.56 Å². The molecule has 9 heteroatoms. The van der Waals surface area contributed by atoms with Gasteiger partial charge < -0.3 is 10.4 Å². The van der Waals surface area contributed by atoms with Gasteiger partial charge in [-0.1, -0.05) is 17.7 Å². The lowest BCUT2D eigenvalue weighted by Crippen LogP contribution is -2.24. The Bertz CT molecular complexity index is 896. The minimum Gasteiger partial charge on any atom is -0.506 e. The zero-order chi connectivity index (χ0) is 16.2. The predicted molar refractivity (Wildman–Crippen MR) is 90.3 cm³/mol. The van der Waals surface area contributed by atoms with Crippen LogP contribution in [0, 0.1) is 0 Å². The van der Waals surface area contributed by atoms with Crippen LogP contribution < -0.4 is 10.7 Å². The average molecular weight is 348 g/mol. The molecule has 2 aromatic carbocycles. The summed E-state index contributed by atoms with van der Waals surface area (Å²) in [5.41, 5.74) is 4.87. The Hall–Kier alpha value is -2.71. The van der Waals surface area contributed by atoms with Crippen LogP contribution in [0.5, 0.6) is 5.75 Å². The van der Waals surface area contributed by atoms with Gasteiger partial charge in [0.1, 0.15) is 16.8 Å². The Kier molecular flexibility index (Phi) is 4.35. The Balaban J connectivity index is 1.64. The Morgan fingerprint density at radius 2 is 2.17 bits per heavy atom. The number of nitrogens with one attached hydrogen (secondary N) is 2. The highest BCUT2D eigenvalue weighted by Gasteiger charge is 2.07. The smallest absolute Gasteiger partial charge is 0.339 e. The van der Waals surface area contributed by atoms with Gasteiger partial charge >= 0.3 is 6.03 Å². The van der Waals surface area contributed by atoms with E-state index in [1.807, 2.05) is 6.07 Å². The van der Waals surface area contributed by atoms with Gasteiger partial charge in [0.25, 0.3) is 0 Å². The van der Waals surface area contributed by atoms with Crippen molar-refractivity contribution >= 4 is 52.3 Å². The fraction of sp³-hybridized carbons (Fsp3) is 0. The predicted octanol–water partition coefficient (Wildman–Crippen LogP) is 3.21. The number of aromatic nitrogens is 2. The summed E-state index contributed by atoms with van der Waals surface area (Å²) in [5.74, 6) is -0.0144. The molecule has 0 aliphatic carbocycles. The van der Waals surface area contributed by atoms with Gasteiger partial charge in [-0.15, -0.1) is 0 Å². The van der Waals surface area contributed by atoms with Gasteiger partial charge in [0, 0.05) is 0 Å². The maximum atomic E-state index is 11.8. The first-order valence-corrected chi connectivity index (χ1v) is 7.54. The highest BCUT2D eigenvalue weighted by molar-refractivity contribution is 7.00. The Morgan fingerprint density at radius 1 is 1.30 bits per heavy atom. The summed E-state index contributed by atoms with van der Waals surface area (Å²) >= 11 is 6.86. The van der Waals surface area contributed by atoms with E-state index in [1.165, 1.54) is 18.3 Å². The summed E-state index contributed by atoms with van der Waals surface area (Å²) in [6.07, 6.45) is 1.41. The average Bonchev–Trinajstić information content (AvgIpc) is 3.00.